The molecule has 9 heteroatoms. The zero-order chi connectivity index (χ0) is 18.7. The Bertz CT molecular complexity index is 765. The number of esters is 1. The minimum Gasteiger partial charge on any atom is -0.504 e. The molecule has 1 aliphatic heterocycles. The predicted octanol–water partition coefficient (Wildman–Crippen LogP) is 2.13. The molecule has 25 heavy (non-hydrogen) atoms. The van der Waals surface area contributed by atoms with E-state index in [0.29, 0.717) is 16.6 Å². The van der Waals surface area contributed by atoms with Gasteiger partial charge in [-0.05, 0) is 37.4 Å². The fourth-order valence-electron chi connectivity index (χ4n) is 2.26. The summed E-state index contributed by atoms with van der Waals surface area (Å²) in [5.74, 6) is -0.746. The maximum Gasteiger partial charge on any atom is 0.325 e. The van der Waals surface area contributed by atoms with E-state index in [0.717, 1.165) is 0 Å². The highest BCUT2D eigenvalue weighted by Gasteiger charge is 2.37. The van der Waals surface area contributed by atoms with Crippen LogP contribution in [0.15, 0.2) is 22.3 Å². The number of methoxy groups -OCH3 is 1. The van der Waals surface area contributed by atoms with E-state index in [1.54, 1.807) is 19.1 Å². The number of phenolic OH excluding ortho intramolecular Hbond substituents is 1. The number of hydrogen-bond acceptors (Lipinski definition) is 6. The normalized spacial score (nSPS) is 15.9. The van der Waals surface area contributed by atoms with Gasteiger partial charge in [0, 0.05) is 17.1 Å². The average molecular weight is 429 g/mol. The highest BCUT2D eigenvalue weighted by Crippen LogP contribution is 2.36. The van der Waals surface area contributed by atoms with E-state index in [-0.39, 0.29) is 34.8 Å². The smallest absolute Gasteiger partial charge is 0.325 e. The van der Waals surface area contributed by atoms with Crippen LogP contribution in [0.2, 0.25) is 0 Å². The number of benzene rings is 1. The van der Waals surface area contributed by atoms with Crippen LogP contribution < -0.4 is 4.74 Å². The van der Waals surface area contributed by atoms with Crippen molar-refractivity contribution in [1.82, 2.24) is 9.80 Å². The summed E-state index contributed by atoms with van der Waals surface area (Å²) in [6.07, 6.45) is 1.46. The lowest BCUT2D eigenvalue weighted by Gasteiger charge is -2.17. The van der Waals surface area contributed by atoms with Gasteiger partial charge in [0.1, 0.15) is 12.2 Å². The van der Waals surface area contributed by atoms with Crippen LogP contribution in [-0.4, -0.2) is 59.2 Å². The molecule has 2 rings (SSSR count). The van der Waals surface area contributed by atoms with Gasteiger partial charge in [0.05, 0.1) is 13.7 Å². The Hall–Kier alpha value is -2.13. The topological polar surface area (TPSA) is 79.3 Å². The van der Waals surface area contributed by atoms with Crippen LogP contribution in [0.5, 0.6) is 11.5 Å². The van der Waals surface area contributed by atoms with Gasteiger partial charge in [-0.1, -0.05) is 15.9 Å². The highest BCUT2D eigenvalue weighted by atomic mass is 79.9. The molecule has 0 radical (unpaired) electrons. The number of phenols is 1. The molecule has 0 saturated carbocycles. The lowest BCUT2D eigenvalue weighted by atomic mass is 10.1. The van der Waals surface area contributed by atoms with E-state index < -0.39 is 5.97 Å². The summed E-state index contributed by atoms with van der Waals surface area (Å²) in [5.41, 5.74) is 0.517. The van der Waals surface area contributed by atoms with Crippen molar-refractivity contribution in [3.63, 3.8) is 0 Å². The summed E-state index contributed by atoms with van der Waals surface area (Å²) in [7, 11) is 2.77. The van der Waals surface area contributed by atoms with E-state index >= 15 is 0 Å². The van der Waals surface area contributed by atoms with Gasteiger partial charge in [-0.3, -0.25) is 14.5 Å². The molecule has 134 valence electrons. The van der Waals surface area contributed by atoms with Gasteiger partial charge in [-0.2, -0.15) is 0 Å². The Morgan fingerprint density at radius 2 is 2.12 bits per heavy atom. The van der Waals surface area contributed by atoms with Gasteiger partial charge in [0.25, 0.3) is 5.91 Å². The van der Waals surface area contributed by atoms with Gasteiger partial charge < -0.3 is 19.5 Å². The van der Waals surface area contributed by atoms with Crippen molar-refractivity contribution in [2.24, 2.45) is 0 Å². The van der Waals surface area contributed by atoms with Crippen molar-refractivity contribution in [3.8, 4) is 11.5 Å². The fourth-order valence-corrected chi connectivity index (χ4v) is 2.96. The third-order valence-electron chi connectivity index (χ3n) is 3.51. The SMILES string of the molecule is CCOc1cc(Br)cc(/C=C2/C(=O)N(C)C(=S)N2CC(=O)OC)c1O. The van der Waals surface area contributed by atoms with E-state index in [1.807, 2.05) is 0 Å². The van der Waals surface area contributed by atoms with Crippen molar-refractivity contribution >= 4 is 51.2 Å². The standard InChI is InChI=1S/C16H17BrN2O5S/c1-4-24-12-7-10(17)5-9(14(12)21)6-11-15(22)18(2)16(25)19(11)8-13(20)23-3/h5-7,21H,4,8H2,1-3H3/b11-6-. The summed E-state index contributed by atoms with van der Waals surface area (Å²) in [6.45, 7) is 1.97. The van der Waals surface area contributed by atoms with E-state index in [1.165, 1.54) is 30.0 Å². The molecule has 1 aromatic carbocycles. The first kappa shape index (κ1) is 19.2. The molecule has 1 saturated heterocycles. The molecule has 7 nitrogen and oxygen atoms in total. The van der Waals surface area contributed by atoms with Crippen LogP contribution in [0.4, 0.5) is 0 Å². The Balaban J connectivity index is 2.51. The van der Waals surface area contributed by atoms with Crippen molar-refractivity contribution < 1.29 is 24.2 Å². The van der Waals surface area contributed by atoms with Gasteiger partial charge in [0.15, 0.2) is 16.6 Å². The molecule has 0 aromatic heterocycles. The minimum atomic E-state index is -0.537. The van der Waals surface area contributed by atoms with Gasteiger partial charge in [0.2, 0.25) is 0 Å². The molecule has 0 bridgehead atoms. The van der Waals surface area contributed by atoms with Crippen LogP contribution in [0.1, 0.15) is 12.5 Å². The second-order valence-corrected chi connectivity index (χ2v) is 6.39. The van der Waals surface area contributed by atoms with Gasteiger partial charge >= 0.3 is 5.97 Å². The van der Waals surface area contributed by atoms with E-state index in [4.69, 9.17) is 17.0 Å². The van der Waals surface area contributed by atoms with Crippen LogP contribution in [0.3, 0.4) is 0 Å². The quantitative estimate of drug-likeness (QED) is 0.437. The molecule has 1 heterocycles. The maximum absolute atomic E-state index is 12.5. The molecule has 1 fully saturated rings. The molecule has 1 aromatic rings. The van der Waals surface area contributed by atoms with Gasteiger partial charge in [-0.25, -0.2) is 0 Å². The molecular formula is C16H17BrN2O5S. The summed E-state index contributed by atoms with van der Waals surface area (Å²) in [4.78, 5) is 26.7. The van der Waals surface area contributed by atoms with Crippen molar-refractivity contribution in [1.29, 1.82) is 0 Å². The first-order valence-electron chi connectivity index (χ1n) is 7.33. The summed E-state index contributed by atoms with van der Waals surface area (Å²) < 4.78 is 10.7. The number of aromatic hydroxyl groups is 1. The Kier molecular flexibility index (Phi) is 6.02. The van der Waals surface area contributed by atoms with Gasteiger partial charge in [-0.15, -0.1) is 0 Å². The minimum absolute atomic E-state index is 0.108. The van der Waals surface area contributed by atoms with Crippen molar-refractivity contribution in [2.75, 3.05) is 27.3 Å². The van der Waals surface area contributed by atoms with E-state index in [2.05, 4.69) is 20.7 Å². The maximum atomic E-state index is 12.5. The van der Waals surface area contributed by atoms with Crippen LogP contribution in [0.25, 0.3) is 6.08 Å². The van der Waals surface area contributed by atoms with Crippen LogP contribution in [-0.2, 0) is 14.3 Å². The third-order valence-corrected chi connectivity index (χ3v) is 4.46. The van der Waals surface area contributed by atoms with Crippen LogP contribution >= 0.6 is 28.1 Å². The largest absolute Gasteiger partial charge is 0.504 e. The third kappa shape index (κ3) is 3.93. The molecule has 0 aliphatic carbocycles. The molecule has 1 amide bonds. The zero-order valence-electron chi connectivity index (χ0n) is 13.9. The summed E-state index contributed by atoms with van der Waals surface area (Å²) in [6, 6.07) is 3.26. The fraction of sp³-hybridized carbons (Fsp3) is 0.312. The lowest BCUT2D eigenvalue weighted by molar-refractivity contribution is -0.140. The summed E-state index contributed by atoms with van der Waals surface area (Å²) in [5, 5.41) is 10.6. The molecule has 1 N–H and O–H groups in total. The highest BCUT2D eigenvalue weighted by molar-refractivity contribution is 9.10. The first-order valence-corrected chi connectivity index (χ1v) is 8.53. The molecular weight excluding hydrogens is 412 g/mol. The van der Waals surface area contributed by atoms with Crippen LogP contribution in [0, 0.1) is 0 Å². The molecule has 0 spiro atoms. The van der Waals surface area contributed by atoms with E-state index in [9.17, 15) is 14.7 Å². The average Bonchev–Trinajstić information content (AvgIpc) is 2.77. The Morgan fingerprint density at radius 1 is 1.44 bits per heavy atom. The number of nitrogens with zero attached hydrogens (tertiary/aromatic N) is 2. The molecule has 0 unspecified atom stereocenters. The zero-order valence-corrected chi connectivity index (χ0v) is 16.3. The number of thiocarbonyl (C=S) groups is 1. The number of likely N-dealkylation sites (N-methyl/N-ethyl adjacent to an activating group) is 1. The number of hydrogen-bond donors (Lipinski definition) is 1. The van der Waals surface area contributed by atoms with Crippen molar-refractivity contribution in [3.05, 3.63) is 27.9 Å². The number of carbonyl (C=O) groups excluding carboxylic acids is 2. The second kappa shape index (κ2) is 7.83. The monoisotopic (exact) mass is 428 g/mol. The number of ether oxygens (including phenoxy) is 2. The lowest BCUT2D eigenvalue weighted by Crippen LogP contribution is -2.33. The number of amides is 1. The summed E-state index contributed by atoms with van der Waals surface area (Å²) >= 11 is 8.55. The number of rotatable bonds is 5. The van der Waals surface area contributed by atoms with Crippen molar-refractivity contribution in [2.45, 2.75) is 6.92 Å². The molecule has 0 atom stereocenters. The predicted molar refractivity (Wildman–Crippen MR) is 99.0 cm³/mol. The second-order valence-electron chi connectivity index (χ2n) is 5.11. The molecule has 1 aliphatic rings. The first-order chi connectivity index (χ1) is 11.8. The number of carbonyl (C=O) groups is 2. The Labute approximate surface area is 158 Å². The Morgan fingerprint density at radius 3 is 2.72 bits per heavy atom. The number of halogens is 1.